The summed E-state index contributed by atoms with van der Waals surface area (Å²) in [6, 6.07) is 6.50. The Morgan fingerprint density at radius 3 is 2.08 bits per heavy atom. The van der Waals surface area contributed by atoms with Crippen LogP contribution < -0.4 is 5.43 Å². The van der Waals surface area contributed by atoms with Gasteiger partial charge in [-0.1, -0.05) is 0 Å². The Morgan fingerprint density at radius 2 is 1.43 bits per heavy atom. The highest BCUT2D eigenvalue weighted by molar-refractivity contribution is 5.92. The zero-order valence-electron chi connectivity index (χ0n) is 20.6. The van der Waals surface area contributed by atoms with Gasteiger partial charge in [0.05, 0.1) is 24.3 Å². The van der Waals surface area contributed by atoms with E-state index in [0.29, 0.717) is 5.56 Å². The first-order valence-corrected chi connectivity index (χ1v) is 12.3. The van der Waals surface area contributed by atoms with Crippen LogP contribution in [0.2, 0.25) is 0 Å². The Bertz CT molecular complexity index is 1450. The standard InChI is InChI=1S/C26H28O14/c27-6-13-18(32)21(35)23(37)26(40-13)15-19(33)14-10(29)5-12(8-1-3-9(28)4-2-8)39-24(14)16(20(15)34)25-22(36)17(31)11(30)7-38-25/h1-5,11,13,17-18,21-23,25-28,30-37H,6-7H2/t11-,13-,17-,18-,21+,22-,23-,25-,26+/m1/s1. The van der Waals surface area contributed by atoms with Gasteiger partial charge in [0.1, 0.15) is 83.3 Å². The van der Waals surface area contributed by atoms with Crippen LogP contribution in [0, 0.1) is 0 Å². The summed E-state index contributed by atoms with van der Waals surface area (Å²) in [6.07, 6.45) is -15.7. The minimum atomic E-state index is -1.98. The molecular weight excluding hydrogens is 536 g/mol. The molecule has 5 rings (SSSR count). The van der Waals surface area contributed by atoms with Crippen molar-refractivity contribution in [2.24, 2.45) is 0 Å². The molecule has 0 unspecified atom stereocenters. The third-order valence-electron chi connectivity index (χ3n) is 7.31. The Balaban J connectivity index is 1.80. The molecular formula is C26H28O14. The highest BCUT2D eigenvalue weighted by Gasteiger charge is 2.48. The molecule has 14 heteroatoms. The van der Waals surface area contributed by atoms with Crippen LogP contribution in [0.5, 0.6) is 17.2 Å². The molecule has 216 valence electrons. The molecule has 9 atom stereocenters. The first-order chi connectivity index (χ1) is 19.0. The maximum atomic E-state index is 13.4. The molecule has 2 saturated heterocycles. The Labute approximate surface area is 224 Å². The number of fused-ring (bicyclic) bond motifs is 1. The van der Waals surface area contributed by atoms with Crippen molar-refractivity contribution in [2.75, 3.05) is 13.2 Å². The summed E-state index contributed by atoms with van der Waals surface area (Å²) in [5.74, 6) is -2.01. The molecule has 0 bridgehead atoms. The van der Waals surface area contributed by atoms with Crippen molar-refractivity contribution in [1.82, 2.24) is 0 Å². The van der Waals surface area contributed by atoms with Crippen molar-refractivity contribution in [1.29, 1.82) is 0 Å². The van der Waals surface area contributed by atoms with E-state index >= 15 is 0 Å². The number of ether oxygens (including phenoxy) is 2. The van der Waals surface area contributed by atoms with E-state index in [2.05, 4.69) is 0 Å². The minimum Gasteiger partial charge on any atom is -0.508 e. The molecule has 0 radical (unpaired) electrons. The summed E-state index contributed by atoms with van der Waals surface area (Å²) in [6.45, 7) is -1.34. The van der Waals surface area contributed by atoms with Crippen LogP contribution in [0.1, 0.15) is 23.3 Å². The van der Waals surface area contributed by atoms with Gasteiger partial charge in [-0.25, -0.2) is 0 Å². The van der Waals surface area contributed by atoms with Gasteiger partial charge in [-0.05, 0) is 24.3 Å². The van der Waals surface area contributed by atoms with Gasteiger partial charge in [-0.2, -0.15) is 0 Å². The van der Waals surface area contributed by atoms with E-state index in [4.69, 9.17) is 13.9 Å². The quantitative estimate of drug-likeness (QED) is 0.169. The number of aliphatic hydroxyl groups excluding tert-OH is 7. The van der Waals surface area contributed by atoms with Crippen molar-refractivity contribution in [3.8, 4) is 28.6 Å². The van der Waals surface area contributed by atoms with Gasteiger partial charge in [-0.15, -0.1) is 0 Å². The predicted molar refractivity (Wildman–Crippen MR) is 132 cm³/mol. The molecule has 2 aliphatic rings. The van der Waals surface area contributed by atoms with Gasteiger partial charge in [0.2, 0.25) is 0 Å². The van der Waals surface area contributed by atoms with E-state index in [-0.39, 0.29) is 11.5 Å². The molecule has 0 amide bonds. The summed E-state index contributed by atoms with van der Waals surface area (Å²) in [5.41, 5.74) is -2.15. The van der Waals surface area contributed by atoms with Crippen LogP contribution >= 0.6 is 0 Å². The maximum absolute atomic E-state index is 13.4. The molecule has 0 saturated carbocycles. The predicted octanol–water partition coefficient (Wildman–Crippen LogP) is -1.75. The van der Waals surface area contributed by atoms with Crippen molar-refractivity contribution >= 4 is 11.0 Å². The topological polar surface area (TPSA) is 251 Å². The third kappa shape index (κ3) is 4.49. The summed E-state index contributed by atoms with van der Waals surface area (Å²) in [4.78, 5) is 13.4. The lowest BCUT2D eigenvalue weighted by molar-refractivity contribution is -0.232. The first-order valence-electron chi connectivity index (χ1n) is 12.3. The monoisotopic (exact) mass is 564 g/mol. The molecule has 0 spiro atoms. The van der Waals surface area contributed by atoms with Crippen LogP contribution in [0.25, 0.3) is 22.3 Å². The molecule has 10 N–H and O–H groups in total. The normalized spacial score (nSPS) is 32.8. The van der Waals surface area contributed by atoms with E-state index in [0.717, 1.165) is 6.07 Å². The van der Waals surface area contributed by atoms with Crippen molar-refractivity contribution in [3.05, 3.63) is 51.7 Å². The summed E-state index contributed by atoms with van der Waals surface area (Å²) >= 11 is 0. The highest BCUT2D eigenvalue weighted by Crippen LogP contribution is 2.50. The zero-order valence-corrected chi connectivity index (χ0v) is 20.6. The molecule has 14 nitrogen and oxygen atoms in total. The lowest BCUT2D eigenvalue weighted by Gasteiger charge is -2.41. The minimum absolute atomic E-state index is 0.0710. The van der Waals surface area contributed by atoms with Crippen molar-refractivity contribution in [2.45, 2.75) is 54.9 Å². The largest absolute Gasteiger partial charge is 0.508 e. The van der Waals surface area contributed by atoms with E-state index in [1.807, 2.05) is 0 Å². The number of hydrogen-bond acceptors (Lipinski definition) is 14. The lowest BCUT2D eigenvalue weighted by atomic mass is 9.85. The van der Waals surface area contributed by atoms with Crippen LogP contribution in [0.3, 0.4) is 0 Å². The fraction of sp³-hybridized carbons (Fsp3) is 0.423. The molecule has 2 aromatic carbocycles. The second-order valence-corrected chi connectivity index (χ2v) is 9.80. The molecule has 0 aliphatic carbocycles. The molecule has 1 aromatic heterocycles. The van der Waals surface area contributed by atoms with E-state index in [9.17, 15) is 55.9 Å². The Hall–Kier alpha value is -3.31. The van der Waals surface area contributed by atoms with Gasteiger partial charge in [0, 0.05) is 11.6 Å². The summed E-state index contributed by atoms with van der Waals surface area (Å²) in [7, 11) is 0. The van der Waals surface area contributed by atoms with E-state index in [1.54, 1.807) is 0 Å². The Morgan fingerprint density at radius 1 is 0.775 bits per heavy atom. The molecule has 40 heavy (non-hydrogen) atoms. The van der Waals surface area contributed by atoms with E-state index in [1.165, 1.54) is 24.3 Å². The SMILES string of the molecule is O=c1cc(-c2ccc(O)cc2)oc2c([C@H]3OC[C@@H](O)[C@@H](O)[C@H]3O)c(O)c([C@@H]3O[C@H](CO)[C@@H](O)[C@H](O)[C@H]3O)c(O)c12. The summed E-state index contributed by atoms with van der Waals surface area (Å²) < 4.78 is 16.9. The van der Waals surface area contributed by atoms with Gasteiger partial charge in [-0.3, -0.25) is 4.79 Å². The molecule has 3 heterocycles. The molecule has 2 aliphatic heterocycles. The second kappa shape index (κ2) is 10.6. The maximum Gasteiger partial charge on any atom is 0.197 e. The van der Waals surface area contributed by atoms with Crippen LogP contribution in [0.15, 0.2) is 39.5 Å². The number of phenols is 3. The third-order valence-corrected chi connectivity index (χ3v) is 7.31. The number of phenolic OH excluding ortho intramolecular Hbond substituents is 3. The number of aliphatic hydroxyl groups is 7. The van der Waals surface area contributed by atoms with Crippen molar-refractivity contribution < 1.29 is 65.0 Å². The average molecular weight is 564 g/mol. The van der Waals surface area contributed by atoms with Gasteiger partial charge in [0.15, 0.2) is 11.0 Å². The number of hydrogen-bond donors (Lipinski definition) is 10. The smallest absolute Gasteiger partial charge is 0.197 e. The van der Waals surface area contributed by atoms with Crippen molar-refractivity contribution in [3.63, 3.8) is 0 Å². The van der Waals surface area contributed by atoms with Gasteiger partial charge in [0.25, 0.3) is 0 Å². The second-order valence-electron chi connectivity index (χ2n) is 9.80. The fourth-order valence-electron chi connectivity index (χ4n) is 5.11. The zero-order chi connectivity index (χ0) is 29.0. The number of benzene rings is 2. The van der Waals surface area contributed by atoms with Crippen LogP contribution in [-0.4, -0.2) is 107 Å². The van der Waals surface area contributed by atoms with E-state index < -0.39 is 107 Å². The van der Waals surface area contributed by atoms with Gasteiger partial charge < -0.3 is 65.0 Å². The molecule has 3 aromatic rings. The van der Waals surface area contributed by atoms with Crippen LogP contribution in [-0.2, 0) is 9.47 Å². The first kappa shape index (κ1) is 28.2. The summed E-state index contributed by atoms with van der Waals surface area (Å²) in [5, 5.41) is 104. The average Bonchev–Trinajstić information content (AvgIpc) is 2.92. The fourth-order valence-corrected chi connectivity index (χ4v) is 5.11. The van der Waals surface area contributed by atoms with Crippen LogP contribution in [0.4, 0.5) is 0 Å². The Kier molecular flexibility index (Phi) is 7.47. The molecule has 2 fully saturated rings. The van der Waals surface area contributed by atoms with Gasteiger partial charge >= 0.3 is 0 Å². The highest BCUT2D eigenvalue weighted by atomic mass is 16.5. The number of aromatic hydroxyl groups is 3. The number of rotatable bonds is 4. The lowest BCUT2D eigenvalue weighted by Crippen LogP contribution is -2.55.